The monoisotopic (exact) mass is 266 g/mol. The van der Waals surface area contributed by atoms with E-state index in [1.54, 1.807) is 13.2 Å². The number of halogens is 1. The molecule has 3 rings (SSSR count). The van der Waals surface area contributed by atoms with Crippen LogP contribution in [0.3, 0.4) is 0 Å². The van der Waals surface area contributed by atoms with Crippen molar-refractivity contribution in [3.63, 3.8) is 0 Å². The summed E-state index contributed by atoms with van der Waals surface area (Å²) in [6, 6.07) is 4.34. The number of hydrogen-bond donors (Lipinski definition) is 1. The van der Waals surface area contributed by atoms with Crippen LogP contribution in [0.2, 0.25) is 0 Å². The van der Waals surface area contributed by atoms with Gasteiger partial charge in [-0.25, -0.2) is 4.39 Å². The Morgan fingerprint density at radius 1 is 1.42 bits per heavy atom. The molecule has 2 aliphatic rings. The van der Waals surface area contributed by atoms with Crippen LogP contribution in [-0.4, -0.2) is 23.9 Å². The molecule has 1 aromatic carbocycles. The average Bonchev–Trinajstić information content (AvgIpc) is 2.40. The van der Waals surface area contributed by atoms with Crippen LogP contribution in [0.15, 0.2) is 18.2 Å². The van der Waals surface area contributed by atoms with Gasteiger partial charge in [-0.2, -0.15) is 0 Å². The molecule has 0 bridgehead atoms. The Bertz CT molecular complexity index is 476. The minimum atomic E-state index is -0.685. The Morgan fingerprint density at radius 3 is 3.05 bits per heavy atom. The van der Waals surface area contributed by atoms with Crippen molar-refractivity contribution in [1.82, 2.24) is 0 Å². The van der Waals surface area contributed by atoms with E-state index in [9.17, 15) is 9.50 Å². The molecule has 0 radical (unpaired) electrons. The molecule has 1 aromatic rings. The van der Waals surface area contributed by atoms with Crippen LogP contribution in [0.1, 0.15) is 43.8 Å². The van der Waals surface area contributed by atoms with Crippen molar-refractivity contribution in [3.8, 4) is 5.75 Å². The Kier molecular flexibility index (Phi) is 3.23. The second kappa shape index (κ2) is 4.76. The van der Waals surface area contributed by atoms with Crippen LogP contribution in [0.25, 0.3) is 0 Å². The van der Waals surface area contributed by atoms with Crippen molar-refractivity contribution in [3.05, 3.63) is 29.6 Å². The van der Waals surface area contributed by atoms with Gasteiger partial charge in [0, 0.05) is 19.1 Å². The third-order valence-electron chi connectivity index (χ3n) is 4.37. The van der Waals surface area contributed by atoms with Crippen molar-refractivity contribution in [1.29, 1.82) is 0 Å². The van der Waals surface area contributed by atoms with Gasteiger partial charge in [0.05, 0.1) is 12.2 Å². The molecule has 1 heterocycles. The number of ether oxygens (including phenoxy) is 2. The minimum absolute atomic E-state index is 0.00546. The molecule has 1 N–H and O–H groups in total. The van der Waals surface area contributed by atoms with E-state index in [4.69, 9.17) is 9.47 Å². The Morgan fingerprint density at radius 2 is 2.26 bits per heavy atom. The molecule has 3 unspecified atom stereocenters. The van der Waals surface area contributed by atoms with Crippen LogP contribution in [0.5, 0.6) is 5.75 Å². The lowest BCUT2D eigenvalue weighted by molar-refractivity contribution is -0.130. The lowest BCUT2D eigenvalue weighted by Crippen LogP contribution is -2.53. The lowest BCUT2D eigenvalue weighted by atomic mass is 9.75. The first kappa shape index (κ1) is 12.9. The molecule has 1 fully saturated rings. The fraction of sp³-hybridized carbons (Fsp3) is 0.600. The maximum atomic E-state index is 13.3. The number of benzene rings is 1. The van der Waals surface area contributed by atoms with Gasteiger partial charge in [0.15, 0.2) is 0 Å². The molecule has 1 aliphatic carbocycles. The first-order valence-electron chi connectivity index (χ1n) is 6.84. The number of aliphatic hydroxyl groups excluding tert-OH is 1. The molecular weight excluding hydrogens is 247 g/mol. The number of aliphatic hydroxyl groups is 1. The zero-order valence-corrected chi connectivity index (χ0v) is 11.1. The summed E-state index contributed by atoms with van der Waals surface area (Å²) >= 11 is 0. The van der Waals surface area contributed by atoms with Crippen molar-refractivity contribution in [2.75, 3.05) is 7.11 Å². The Labute approximate surface area is 112 Å². The van der Waals surface area contributed by atoms with E-state index in [-0.39, 0.29) is 11.9 Å². The summed E-state index contributed by atoms with van der Waals surface area (Å²) in [6.07, 6.45) is 3.80. The maximum absolute atomic E-state index is 13.3. The first-order chi connectivity index (χ1) is 9.14. The zero-order valence-electron chi connectivity index (χ0n) is 11.1. The molecule has 1 aliphatic heterocycles. The highest BCUT2D eigenvalue weighted by molar-refractivity contribution is 5.39. The molecular formula is C15H19FO3. The summed E-state index contributed by atoms with van der Waals surface area (Å²) in [7, 11) is 1.69. The van der Waals surface area contributed by atoms with Gasteiger partial charge in [-0.05, 0) is 37.5 Å². The van der Waals surface area contributed by atoms with Gasteiger partial charge in [-0.3, -0.25) is 0 Å². The molecule has 3 atom stereocenters. The number of rotatable bonds is 1. The highest BCUT2D eigenvalue weighted by Gasteiger charge is 2.48. The zero-order chi connectivity index (χ0) is 13.5. The van der Waals surface area contributed by atoms with Gasteiger partial charge in [0.1, 0.15) is 17.2 Å². The minimum Gasteiger partial charge on any atom is -0.484 e. The van der Waals surface area contributed by atoms with E-state index < -0.39 is 11.7 Å². The standard InChI is InChI=1S/C15H19FO3/c1-18-14-4-2-3-7-15(14)9-12(17)11-8-10(16)5-6-13(11)19-15/h5-6,8,12,14,17H,2-4,7,9H2,1H3. The third kappa shape index (κ3) is 2.13. The predicted octanol–water partition coefficient (Wildman–Crippen LogP) is 2.97. The normalized spacial score (nSPS) is 33.8. The van der Waals surface area contributed by atoms with Gasteiger partial charge in [0.2, 0.25) is 0 Å². The summed E-state index contributed by atoms with van der Waals surface area (Å²) in [6.45, 7) is 0. The molecule has 4 heteroatoms. The quantitative estimate of drug-likeness (QED) is 0.849. The van der Waals surface area contributed by atoms with Crippen molar-refractivity contribution < 1.29 is 19.0 Å². The molecule has 3 nitrogen and oxygen atoms in total. The Hall–Kier alpha value is -1.13. The second-order valence-electron chi connectivity index (χ2n) is 5.54. The summed E-state index contributed by atoms with van der Waals surface area (Å²) in [5.41, 5.74) is 0.0862. The van der Waals surface area contributed by atoms with E-state index in [2.05, 4.69) is 0 Å². The van der Waals surface area contributed by atoms with Gasteiger partial charge >= 0.3 is 0 Å². The topological polar surface area (TPSA) is 38.7 Å². The highest BCUT2D eigenvalue weighted by Crippen LogP contribution is 2.47. The number of hydrogen-bond acceptors (Lipinski definition) is 3. The van der Waals surface area contributed by atoms with Gasteiger partial charge in [-0.1, -0.05) is 6.42 Å². The number of fused-ring (bicyclic) bond motifs is 1. The van der Waals surface area contributed by atoms with E-state index >= 15 is 0 Å². The number of methoxy groups -OCH3 is 1. The SMILES string of the molecule is COC1CCCCC12CC(O)c1cc(F)ccc1O2. The molecule has 0 aromatic heterocycles. The summed E-state index contributed by atoms with van der Waals surface area (Å²) in [5, 5.41) is 10.3. The highest BCUT2D eigenvalue weighted by atomic mass is 19.1. The van der Waals surface area contributed by atoms with E-state index in [0.29, 0.717) is 17.7 Å². The lowest BCUT2D eigenvalue weighted by Gasteiger charge is -2.47. The van der Waals surface area contributed by atoms with Crippen molar-refractivity contribution >= 4 is 0 Å². The molecule has 0 saturated heterocycles. The average molecular weight is 266 g/mol. The fourth-order valence-corrected chi connectivity index (χ4v) is 3.43. The Balaban J connectivity index is 1.97. The summed E-state index contributed by atoms with van der Waals surface area (Å²) in [4.78, 5) is 0. The summed E-state index contributed by atoms with van der Waals surface area (Å²) in [5.74, 6) is 0.244. The smallest absolute Gasteiger partial charge is 0.138 e. The van der Waals surface area contributed by atoms with Gasteiger partial charge in [0.25, 0.3) is 0 Å². The van der Waals surface area contributed by atoms with Crippen LogP contribution >= 0.6 is 0 Å². The van der Waals surface area contributed by atoms with Crippen LogP contribution in [0.4, 0.5) is 4.39 Å². The molecule has 1 saturated carbocycles. The van der Waals surface area contributed by atoms with E-state index in [1.807, 2.05) is 0 Å². The van der Waals surface area contributed by atoms with Crippen LogP contribution in [-0.2, 0) is 4.74 Å². The van der Waals surface area contributed by atoms with Crippen LogP contribution < -0.4 is 4.74 Å². The van der Waals surface area contributed by atoms with Crippen molar-refractivity contribution in [2.24, 2.45) is 0 Å². The summed E-state index contributed by atoms with van der Waals surface area (Å²) < 4.78 is 25.0. The van der Waals surface area contributed by atoms with Crippen LogP contribution in [0, 0.1) is 5.82 Å². The maximum Gasteiger partial charge on any atom is 0.138 e. The molecule has 1 spiro atoms. The molecule has 104 valence electrons. The fourth-order valence-electron chi connectivity index (χ4n) is 3.43. The van der Waals surface area contributed by atoms with Gasteiger partial charge in [-0.15, -0.1) is 0 Å². The molecule has 0 amide bonds. The van der Waals surface area contributed by atoms with Crippen molar-refractivity contribution in [2.45, 2.75) is 49.9 Å². The largest absolute Gasteiger partial charge is 0.484 e. The predicted molar refractivity (Wildman–Crippen MR) is 68.6 cm³/mol. The first-order valence-corrected chi connectivity index (χ1v) is 6.84. The van der Waals surface area contributed by atoms with E-state index in [0.717, 1.165) is 25.7 Å². The van der Waals surface area contributed by atoms with Gasteiger partial charge < -0.3 is 14.6 Å². The second-order valence-corrected chi connectivity index (χ2v) is 5.54. The third-order valence-corrected chi connectivity index (χ3v) is 4.37. The van der Waals surface area contributed by atoms with E-state index in [1.165, 1.54) is 12.1 Å². The molecule has 19 heavy (non-hydrogen) atoms.